The molecule has 0 unspecified atom stereocenters. The van der Waals surface area contributed by atoms with E-state index in [1.54, 1.807) is 0 Å². The molecule has 1 heterocycles. The second-order valence-corrected chi connectivity index (χ2v) is 6.50. The maximum atomic E-state index is 12.7. The molecule has 0 atom stereocenters. The number of rotatable bonds is 3. The van der Waals surface area contributed by atoms with Gasteiger partial charge in [-0.3, -0.25) is 9.59 Å². The van der Waals surface area contributed by atoms with Gasteiger partial charge in [0.25, 0.3) is 0 Å². The Labute approximate surface area is 140 Å². The lowest BCUT2D eigenvalue weighted by Gasteiger charge is -2.17. The van der Waals surface area contributed by atoms with Crippen LogP contribution in [0.4, 0.5) is 0 Å². The van der Waals surface area contributed by atoms with Crippen LogP contribution < -0.4 is 10.7 Å². The Kier molecular flexibility index (Phi) is 3.81. The van der Waals surface area contributed by atoms with Crippen molar-refractivity contribution in [2.24, 2.45) is 0 Å². The molecule has 1 fully saturated rings. The molecule has 4 rings (SSSR count). The molecule has 1 aliphatic carbocycles. The summed E-state index contributed by atoms with van der Waals surface area (Å²) in [7, 11) is 0. The van der Waals surface area contributed by atoms with E-state index in [-0.39, 0.29) is 17.9 Å². The standard InChI is InChI=1S/C20H20N2O2/c23-19(21-14-7-1-2-8-14)13-22-17-11-5-3-9-15(17)20(24)16-10-4-6-12-18(16)22/h3-6,9-12,14H,1-2,7-8,13H2,(H,21,23). The first-order chi connectivity index (χ1) is 11.7. The predicted octanol–water partition coefficient (Wildman–Crippen LogP) is 3.21. The van der Waals surface area contributed by atoms with Crippen LogP contribution in [-0.2, 0) is 11.3 Å². The van der Waals surface area contributed by atoms with Crippen molar-refractivity contribution in [2.45, 2.75) is 38.3 Å². The van der Waals surface area contributed by atoms with Gasteiger partial charge in [-0.1, -0.05) is 37.1 Å². The first-order valence-corrected chi connectivity index (χ1v) is 8.54. The van der Waals surface area contributed by atoms with Crippen LogP contribution in [0.1, 0.15) is 25.7 Å². The van der Waals surface area contributed by atoms with Gasteiger partial charge in [-0.05, 0) is 37.1 Å². The highest BCUT2D eigenvalue weighted by atomic mass is 16.2. The highest BCUT2D eigenvalue weighted by Crippen LogP contribution is 2.20. The maximum absolute atomic E-state index is 12.7. The van der Waals surface area contributed by atoms with Crippen molar-refractivity contribution < 1.29 is 4.79 Å². The summed E-state index contributed by atoms with van der Waals surface area (Å²) in [6, 6.07) is 15.3. The van der Waals surface area contributed by atoms with E-state index in [0.717, 1.165) is 23.9 Å². The van der Waals surface area contributed by atoms with E-state index in [4.69, 9.17) is 0 Å². The zero-order valence-corrected chi connectivity index (χ0v) is 13.5. The Bertz CT molecular complexity index is 908. The van der Waals surface area contributed by atoms with Crippen LogP contribution >= 0.6 is 0 Å². The van der Waals surface area contributed by atoms with Crippen LogP contribution in [0.3, 0.4) is 0 Å². The van der Waals surface area contributed by atoms with E-state index in [9.17, 15) is 9.59 Å². The van der Waals surface area contributed by atoms with Crippen LogP contribution in [-0.4, -0.2) is 16.5 Å². The third-order valence-electron chi connectivity index (χ3n) is 4.90. The van der Waals surface area contributed by atoms with Crippen molar-refractivity contribution in [1.29, 1.82) is 0 Å². The van der Waals surface area contributed by atoms with Crippen molar-refractivity contribution >= 4 is 27.7 Å². The summed E-state index contributed by atoms with van der Waals surface area (Å²) in [4.78, 5) is 25.2. The highest BCUT2D eigenvalue weighted by molar-refractivity contribution is 5.94. The molecule has 3 aromatic rings. The molecule has 1 aliphatic rings. The molecule has 0 radical (unpaired) electrons. The molecule has 4 heteroatoms. The Morgan fingerprint density at radius 2 is 1.50 bits per heavy atom. The second-order valence-electron chi connectivity index (χ2n) is 6.50. The molecule has 1 amide bonds. The summed E-state index contributed by atoms with van der Waals surface area (Å²) in [5.74, 6) is 0.0147. The van der Waals surface area contributed by atoms with Gasteiger partial charge in [-0.25, -0.2) is 0 Å². The van der Waals surface area contributed by atoms with Crippen molar-refractivity contribution in [1.82, 2.24) is 9.88 Å². The number of nitrogens with one attached hydrogen (secondary N) is 1. The van der Waals surface area contributed by atoms with E-state index >= 15 is 0 Å². The molecule has 0 saturated heterocycles. The van der Waals surface area contributed by atoms with Crippen LogP contribution in [0.25, 0.3) is 21.8 Å². The van der Waals surface area contributed by atoms with Crippen LogP contribution in [0, 0.1) is 0 Å². The number of hydrogen-bond donors (Lipinski definition) is 1. The molecule has 122 valence electrons. The van der Waals surface area contributed by atoms with Crippen molar-refractivity contribution in [3.8, 4) is 0 Å². The van der Waals surface area contributed by atoms with Gasteiger partial charge in [-0.15, -0.1) is 0 Å². The van der Waals surface area contributed by atoms with E-state index in [0.29, 0.717) is 16.8 Å². The first-order valence-electron chi connectivity index (χ1n) is 8.54. The Hall–Kier alpha value is -2.62. The van der Waals surface area contributed by atoms with Gasteiger partial charge in [0, 0.05) is 16.8 Å². The minimum absolute atomic E-state index is 0.0147. The van der Waals surface area contributed by atoms with Gasteiger partial charge in [0.2, 0.25) is 5.91 Å². The van der Waals surface area contributed by atoms with Crippen molar-refractivity contribution in [3.05, 3.63) is 58.8 Å². The van der Waals surface area contributed by atoms with Crippen molar-refractivity contribution in [2.75, 3.05) is 0 Å². The third-order valence-corrected chi connectivity index (χ3v) is 4.90. The molecule has 1 aromatic heterocycles. The number of pyridine rings is 1. The SMILES string of the molecule is O=C(Cn1c2ccccc2c(=O)c2ccccc21)NC1CCCC1. The number of nitrogens with zero attached hydrogens (tertiary/aromatic N) is 1. The van der Waals surface area contributed by atoms with E-state index in [1.165, 1.54) is 12.8 Å². The molecular formula is C20H20N2O2. The average molecular weight is 320 g/mol. The van der Waals surface area contributed by atoms with E-state index in [2.05, 4.69) is 5.32 Å². The molecule has 24 heavy (non-hydrogen) atoms. The highest BCUT2D eigenvalue weighted by Gasteiger charge is 2.18. The monoisotopic (exact) mass is 320 g/mol. The molecule has 1 N–H and O–H groups in total. The molecule has 0 spiro atoms. The second kappa shape index (κ2) is 6.11. The number of hydrogen-bond acceptors (Lipinski definition) is 2. The number of carbonyl (C=O) groups excluding carboxylic acids is 1. The quantitative estimate of drug-likeness (QED) is 0.753. The fourth-order valence-electron chi connectivity index (χ4n) is 3.73. The van der Waals surface area contributed by atoms with Crippen molar-refractivity contribution in [3.63, 3.8) is 0 Å². The van der Waals surface area contributed by atoms with Gasteiger partial charge in [0.15, 0.2) is 5.43 Å². The van der Waals surface area contributed by atoms with Gasteiger partial charge >= 0.3 is 0 Å². The Balaban J connectivity index is 1.81. The molecular weight excluding hydrogens is 300 g/mol. The van der Waals surface area contributed by atoms with Gasteiger partial charge in [-0.2, -0.15) is 0 Å². The summed E-state index contributed by atoms with van der Waals surface area (Å²) in [6.07, 6.45) is 4.51. The van der Waals surface area contributed by atoms with Gasteiger partial charge < -0.3 is 9.88 Å². The normalized spacial score (nSPS) is 15.2. The predicted molar refractivity (Wildman–Crippen MR) is 96.1 cm³/mol. The lowest BCUT2D eigenvalue weighted by molar-refractivity contribution is -0.122. The van der Waals surface area contributed by atoms with Gasteiger partial charge in [0.1, 0.15) is 6.54 Å². The lowest BCUT2D eigenvalue weighted by atomic mass is 10.1. The summed E-state index contributed by atoms with van der Waals surface area (Å²) >= 11 is 0. The first kappa shape index (κ1) is 14.9. The lowest BCUT2D eigenvalue weighted by Crippen LogP contribution is -2.35. The number of amides is 1. The van der Waals surface area contributed by atoms with Crippen LogP contribution in [0.2, 0.25) is 0 Å². The largest absolute Gasteiger partial charge is 0.352 e. The summed E-state index contributed by atoms with van der Waals surface area (Å²) < 4.78 is 1.95. The average Bonchev–Trinajstić information content (AvgIpc) is 3.11. The third kappa shape index (κ3) is 2.58. The minimum atomic E-state index is 0.0147. The number of benzene rings is 2. The minimum Gasteiger partial charge on any atom is -0.352 e. The fraction of sp³-hybridized carbons (Fsp3) is 0.300. The molecule has 1 saturated carbocycles. The fourth-order valence-corrected chi connectivity index (χ4v) is 3.73. The van der Waals surface area contributed by atoms with Gasteiger partial charge in [0.05, 0.1) is 11.0 Å². The molecule has 4 nitrogen and oxygen atoms in total. The summed E-state index contributed by atoms with van der Waals surface area (Å²) in [5, 5.41) is 4.45. The number of fused-ring (bicyclic) bond motifs is 2. The zero-order chi connectivity index (χ0) is 16.5. The summed E-state index contributed by atoms with van der Waals surface area (Å²) in [5.41, 5.74) is 1.64. The van der Waals surface area contributed by atoms with Crippen LogP contribution in [0.5, 0.6) is 0 Å². The topological polar surface area (TPSA) is 51.1 Å². The Morgan fingerprint density at radius 1 is 0.958 bits per heavy atom. The maximum Gasteiger partial charge on any atom is 0.240 e. The molecule has 0 bridgehead atoms. The van der Waals surface area contributed by atoms with Crippen LogP contribution in [0.15, 0.2) is 53.3 Å². The summed E-state index contributed by atoms with van der Waals surface area (Å²) in [6.45, 7) is 0.234. The Morgan fingerprint density at radius 3 is 2.08 bits per heavy atom. The number of carbonyl (C=O) groups is 1. The molecule has 0 aliphatic heterocycles. The van der Waals surface area contributed by atoms with E-state index in [1.807, 2.05) is 53.1 Å². The smallest absolute Gasteiger partial charge is 0.240 e. The zero-order valence-electron chi connectivity index (χ0n) is 13.5. The van der Waals surface area contributed by atoms with E-state index < -0.39 is 0 Å². The molecule has 2 aromatic carbocycles. The number of aromatic nitrogens is 1. The number of para-hydroxylation sites is 2.